The Hall–Kier alpha value is -2.33. The summed E-state index contributed by atoms with van der Waals surface area (Å²) >= 11 is 5.97. The normalized spacial score (nSPS) is 12.2. The van der Waals surface area contributed by atoms with E-state index in [1.54, 1.807) is 31.3 Å². The monoisotopic (exact) mass is 330 g/mol. The van der Waals surface area contributed by atoms with Gasteiger partial charge < -0.3 is 4.74 Å². The van der Waals surface area contributed by atoms with E-state index in [2.05, 4.69) is 10.5 Å². The van der Waals surface area contributed by atoms with Crippen LogP contribution >= 0.6 is 11.6 Å². The fourth-order valence-corrected chi connectivity index (χ4v) is 2.05. The number of amides is 1. The van der Waals surface area contributed by atoms with Crippen molar-refractivity contribution in [1.29, 1.82) is 0 Å². The van der Waals surface area contributed by atoms with Crippen molar-refractivity contribution in [2.24, 2.45) is 5.10 Å². The Bertz CT molecular complexity index is 729. The van der Waals surface area contributed by atoms with Gasteiger partial charge in [0.25, 0.3) is 5.91 Å². The van der Waals surface area contributed by atoms with Crippen molar-refractivity contribution >= 4 is 23.7 Å². The standard InChI is InChI=1S/C18H19ClN2O2/c1-12-6-4-5-7-15(12)11-20-21-18(22)14(3)23-16-8-9-17(19)13(2)10-16/h4-11,14H,1-3H3,(H,21,22)/b20-11-/t14-/m1/s1. The number of aryl methyl sites for hydroxylation is 2. The minimum Gasteiger partial charge on any atom is -0.481 e. The van der Waals surface area contributed by atoms with Crippen molar-refractivity contribution in [3.05, 3.63) is 64.2 Å². The topological polar surface area (TPSA) is 50.7 Å². The third kappa shape index (κ3) is 4.83. The number of carbonyl (C=O) groups excluding carboxylic acids is 1. The Labute approximate surface area is 141 Å². The van der Waals surface area contributed by atoms with E-state index in [9.17, 15) is 4.79 Å². The summed E-state index contributed by atoms with van der Waals surface area (Å²) in [4.78, 5) is 12.0. The number of nitrogens with zero attached hydrogens (tertiary/aromatic N) is 1. The lowest BCUT2D eigenvalue weighted by atomic mass is 10.1. The molecule has 5 heteroatoms. The number of ether oxygens (including phenoxy) is 1. The molecule has 120 valence electrons. The molecule has 1 N–H and O–H groups in total. The predicted octanol–water partition coefficient (Wildman–Crippen LogP) is 3.87. The maximum absolute atomic E-state index is 12.0. The van der Waals surface area contributed by atoms with Gasteiger partial charge in [-0.25, -0.2) is 5.43 Å². The molecule has 0 aliphatic heterocycles. The van der Waals surface area contributed by atoms with Gasteiger partial charge in [-0.3, -0.25) is 4.79 Å². The molecule has 0 saturated heterocycles. The zero-order valence-electron chi connectivity index (χ0n) is 13.3. The van der Waals surface area contributed by atoms with Gasteiger partial charge in [-0.2, -0.15) is 5.10 Å². The van der Waals surface area contributed by atoms with Crippen molar-refractivity contribution < 1.29 is 9.53 Å². The summed E-state index contributed by atoms with van der Waals surface area (Å²) in [6, 6.07) is 13.1. The van der Waals surface area contributed by atoms with Crippen LogP contribution in [0.2, 0.25) is 5.02 Å². The fraction of sp³-hybridized carbons (Fsp3) is 0.222. The Morgan fingerprint density at radius 1 is 1.22 bits per heavy atom. The van der Waals surface area contributed by atoms with Gasteiger partial charge >= 0.3 is 0 Å². The van der Waals surface area contributed by atoms with Gasteiger partial charge in [-0.05, 0) is 55.7 Å². The lowest BCUT2D eigenvalue weighted by Gasteiger charge is -2.13. The average Bonchev–Trinajstić information content (AvgIpc) is 2.52. The fourth-order valence-electron chi connectivity index (χ4n) is 1.94. The average molecular weight is 331 g/mol. The van der Waals surface area contributed by atoms with E-state index in [4.69, 9.17) is 16.3 Å². The second kappa shape index (κ2) is 7.79. The highest BCUT2D eigenvalue weighted by Gasteiger charge is 2.14. The second-order valence-electron chi connectivity index (χ2n) is 5.26. The van der Waals surface area contributed by atoms with Crippen LogP contribution in [0.4, 0.5) is 0 Å². The van der Waals surface area contributed by atoms with Crippen molar-refractivity contribution in [3.63, 3.8) is 0 Å². The molecule has 0 saturated carbocycles. The predicted molar refractivity (Wildman–Crippen MR) is 93.2 cm³/mol. The quantitative estimate of drug-likeness (QED) is 0.668. The number of benzene rings is 2. The van der Waals surface area contributed by atoms with E-state index < -0.39 is 6.10 Å². The van der Waals surface area contributed by atoms with Gasteiger partial charge in [0.15, 0.2) is 6.10 Å². The molecule has 0 aliphatic rings. The minimum atomic E-state index is -0.662. The summed E-state index contributed by atoms with van der Waals surface area (Å²) < 4.78 is 5.59. The highest BCUT2D eigenvalue weighted by atomic mass is 35.5. The minimum absolute atomic E-state index is 0.317. The Balaban J connectivity index is 1.92. The first-order chi connectivity index (χ1) is 11.0. The lowest BCUT2D eigenvalue weighted by molar-refractivity contribution is -0.127. The zero-order valence-corrected chi connectivity index (χ0v) is 14.1. The molecule has 1 atom stereocenters. The lowest BCUT2D eigenvalue weighted by Crippen LogP contribution is -2.33. The van der Waals surface area contributed by atoms with Crippen LogP contribution in [0.3, 0.4) is 0 Å². The van der Waals surface area contributed by atoms with Crippen LogP contribution in [0.1, 0.15) is 23.6 Å². The van der Waals surface area contributed by atoms with Crippen LogP contribution in [0.15, 0.2) is 47.6 Å². The Kier molecular flexibility index (Phi) is 5.77. The molecule has 2 aromatic rings. The van der Waals surface area contributed by atoms with Crippen LogP contribution in [0, 0.1) is 13.8 Å². The molecule has 0 aromatic heterocycles. The van der Waals surface area contributed by atoms with Gasteiger partial charge in [0.1, 0.15) is 5.75 Å². The molecule has 0 aliphatic carbocycles. The maximum atomic E-state index is 12.0. The van der Waals surface area contributed by atoms with Crippen LogP contribution in [-0.4, -0.2) is 18.2 Å². The number of hydrogen-bond acceptors (Lipinski definition) is 3. The SMILES string of the molecule is Cc1cc(O[C@H](C)C(=O)N/N=C\c2ccccc2C)ccc1Cl. The summed E-state index contributed by atoms with van der Waals surface area (Å²) in [5, 5.41) is 4.64. The van der Waals surface area contributed by atoms with Gasteiger partial charge in [0.2, 0.25) is 0 Å². The number of carbonyl (C=O) groups is 1. The molecular formula is C18H19ClN2O2. The number of hydrogen-bond donors (Lipinski definition) is 1. The van der Waals surface area contributed by atoms with Crippen molar-refractivity contribution in [2.75, 3.05) is 0 Å². The first-order valence-corrected chi connectivity index (χ1v) is 7.66. The third-order valence-electron chi connectivity index (χ3n) is 3.38. The molecule has 0 bridgehead atoms. The van der Waals surface area contributed by atoms with Gasteiger partial charge in [0.05, 0.1) is 6.21 Å². The molecule has 2 aromatic carbocycles. The molecule has 0 fully saturated rings. The smallest absolute Gasteiger partial charge is 0.280 e. The number of rotatable bonds is 5. The molecule has 0 spiro atoms. The zero-order chi connectivity index (χ0) is 16.8. The van der Waals surface area contributed by atoms with Crippen LogP contribution in [0.25, 0.3) is 0 Å². The summed E-state index contributed by atoms with van der Waals surface area (Å²) in [5.41, 5.74) is 5.42. The Morgan fingerprint density at radius 3 is 2.65 bits per heavy atom. The number of nitrogens with one attached hydrogen (secondary N) is 1. The molecule has 0 radical (unpaired) electrons. The summed E-state index contributed by atoms with van der Waals surface area (Å²) in [6.07, 6.45) is 0.955. The summed E-state index contributed by atoms with van der Waals surface area (Å²) in [5.74, 6) is 0.278. The second-order valence-corrected chi connectivity index (χ2v) is 5.67. The maximum Gasteiger partial charge on any atom is 0.280 e. The van der Waals surface area contributed by atoms with Crippen LogP contribution in [-0.2, 0) is 4.79 Å². The van der Waals surface area contributed by atoms with Crippen molar-refractivity contribution in [1.82, 2.24) is 5.43 Å². The third-order valence-corrected chi connectivity index (χ3v) is 3.80. The van der Waals surface area contributed by atoms with Crippen molar-refractivity contribution in [3.8, 4) is 5.75 Å². The van der Waals surface area contributed by atoms with Crippen LogP contribution in [0.5, 0.6) is 5.75 Å². The molecule has 1 amide bonds. The molecule has 2 rings (SSSR count). The summed E-state index contributed by atoms with van der Waals surface area (Å²) in [6.45, 7) is 5.53. The van der Waals surface area contributed by atoms with E-state index in [0.29, 0.717) is 10.8 Å². The highest BCUT2D eigenvalue weighted by molar-refractivity contribution is 6.31. The first-order valence-electron chi connectivity index (χ1n) is 7.28. The van der Waals surface area contributed by atoms with Gasteiger partial charge in [-0.1, -0.05) is 35.9 Å². The molecular weight excluding hydrogens is 312 g/mol. The van der Waals surface area contributed by atoms with Gasteiger partial charge in [-0.15, -0.1) is 0 Å². The number of halogens is 1. The Morgan fingerprint density at radius 2 is 1.96 bits per heavy atom. The van der Waals surface area contributed by atoms with E-state index in [-0.39, 0.29) is 5.91 Å². The summed E-state index contributed by atoms with van der Waals surface area (Å²) in [7, 11) is 0. The highest BCUT2D eigenvalue weighted by Crippen LogP contribution is 2.21. The molecule has 0 heterocycles. The van der Waals surface area contributed by atoms with Gasteiger partial charge in [0, 0.05) is 5.02 Å². The van der Waals surface area contributed by atoms with Crippen LogP contribution < -0.4 is 10.2 Å². The number of hydrazone groups is 1. The molecule has 23 heavy (non-hydrogen) atoms. The molecule has 4 nitrogen and oxygen atoms in total. The van der Waals surface area contributed by atoms with Crippen molar-refractivity contribution in [2.45, 2.75) is 26.9 Å². The first kappa shape index (κ1) is 17.0. The largest absolute Gasteiger partial charge is 0.481 e. The molecule has 0 unspecified atom stereocenters. The van der Waals surface area contributed by atoms with E-state index >= 15 is 0 Å². The van der Waals surface area contributed by atoms with E-state index in [0.717, 1.165) is 16.7 Å². The van der Waals surface area contributed by atoms with E-state index in [1.807, 2.05) is 38.1 Å². The van der Waals surface area contributed by atoms with E-state index in [1.165, 1.54) is 0 Å².